The molecule has 2 aromatic carbocycles. The number of halogens is 1. The van der Waals surface area contributed by atoms with E-state index in [1.165, 1.54) is 0 Å². The van der Waals surface area contributed by atoms with Crippen LogP contribution >= 0.6 is 0 Å². The van der Waals surface area contributed by atoms with Gasteiger partial charge in [-0.15, -0.1) is 0 Å². The second kappa shape index (κ2) is 9.43. The van der Waals surface area contributed by atoms with Crippen molar-refractivity contribution in [3.63, 3.8) is 0 Å². The first kappa shape index (κ1) is 22.5. The van der Waals surface area contributed by atoms with Crippen molar-refractivity contribution in [1.29, 1.82) is 0 Å². The van der Waals surface area contributed by atoms with Gasteiger partial charge in [-0.25, -0.2) is 22.5 Å². The van der Waals surface area contributed by atoms with Gasteiger partial charge in [-0.1, -0.05) is 6.07 Å². The molecule has 2 heterocycles. The molecule has 0 fully saturated rings. The molecule has 0 aliphatic heterocycles. The van der Waals surface area contributed by atoms with Crippen LogP contribution in [0.4, 0.5) is 27.5 Å². The van der Waals surface area contributed by atoms with Gasteiger partial charge in [0.25, 0.3) is 0 Å². The van der Waals surface area contributed by atoms with E-state index >= 15 is 0 Å². The van der Waals surface area contributed by atoms with Crippen LogP contribution in [-0.4, -0.2) is 42.8 Å². The van der Waals surface area contributed by atoms with Gasteiger partial charge in [0.05, 0.1) is 11.9 Å². The van der Waals surface area contributed by atoms with Crippen LogP contribution in [0.5, 0.6) is 5.75 Å². The number of aryl methyl sites for hydroxylation is 1. The average Bonchev–Trinajstić information content (AvgIpc) is 3.15. The molecule has 0 aliphatic rings. The molecule has 0 saturated carbocycles. The van der Waals surface area contributed by atoms with E-state index in [0.717, 1.165) is 17.5 Å². The second-order valence-corrected chi connectivity index (χ2v) is 9.23. The molecule has 0 atom stereocenters. The minimum atomic E-state index is -3.26. The van der Waals surface area contributed by atoms with Crippen LogP contribution in [0.15, 0.2) is 54.7 Å². The number of nitrogens with zero attached hydrogens (tertiary/aromatic N) is 2. The maximum atomic E-state index is 14.9. The van der Waals surface area contributed by atoms with Crippen molar-refractivity contribution in [3.05, 3.63) is 66.2 Å². The number of aromatic nitrogens is 3. The SMILES string of the molecule is Cc1cc2c(F)c(Nc3ccnc(Nc4cccc(OCCNS(C)(=O)=O)c4)n3)ccc2[nH]1. The lowest BCUT2D eigenvalue weighted by molar-refractivity contribution is 0.323. The van der Waals surface area contributed by atoms with Gasteiger partial charge < -0.3 is 20.4 Å². The molecule has 2 aromatic heterocycles. The number of rotatable bonds is 9. The number of H-pyrrole nitrogens is 1. The van der Waals surface area contributed by atoms with Gasteiger partial charge in [0, 0.05) is 41.1 Å². The van der Waals surface area contributed by atoms with Gasteiger partial charge in [0.1, 0.15) is 18.2 Å². The third-order valence-corrected chi connectivity index (χ3v) is 5.34. The van der Waals surface area contributed by atoms with Crippen LogP contribution in [0, 0.1) is 12.7 Å². The molecule has 11 heteroatoms. The van der Waals surface area contributed by atoms with Crippen LogP contribution in [-0.2, 0) is 10.0 Å². The van der Waals surface area contributed by atoms with Gasteiger partial charge in [-0.3, -0.25) is 0 Å². The van der Waals surface area contributed by atoms with Crippen molar-refractivity contribution in [3.8, 4) is 5.75 Å². The standard InChI is InChI=1S/C22H23FN6O3S/c1-14-12-17-18(26-14)6-7-19(21(17)23)28-20-8-9-24-22(29-20)27-15-4-3-5-16(13-15)32-11-10-25-33(2,30)31/h3-9,12-13,25-26H,10-11H2,1-2H3,(H2,24,27,28,29). The van der Waals surface area contributed by atoms with Gasteiger partial charge >= 0.3 is 0 Å². The van der Waals surface area contributed by atoms with Crippen molar-refractivity contribution >= 4 is 44.1 Å². The Labute approximate surface area is 190 Å². The molecule has 0 amide bonds. The van der Waals surface area contributed by atoms with Gasteiger partial charge in [0.2, 0.25) is 16.0 Å². The molecular formula is C22H23FN6O3S. The van der Waals surface area contributed by atoms with Crippen molar-refractivity contribution in [2.75, 3.05) is 30.0 Å². The Morgan fingerprint density at radius 2 is 1.97 bits per heavy atom. The van der Waals surface area contributed by atoms with Crippen LogP contribution in [0.1, 0.15) is 5.69 Å². The van der Waals surface area contributed by atoms with Gasteiger partial charge in [0.15, 0.2) is 5.82 Å². The Hall–Kier alpha value is -3.70. The molecule has 0 spiro atoms. The zero-order valence-electron chi connectivity index (χ0n) is 18.0. The van der Waals surface area contributed by atoms with Crippen molar-refractivity contribution in [2.24, 2.45) is 0 Å². The highest BCUT2D eigenvalue weighted by Crippen LogP contribution is 2.27. The molecule has 0 aliphatic carbocycles. The highest BCUT2D eigenvalue weighted by atomic mass is 32.2. The van der Waals surface area contributed by atoms with Crippen LogP contribution in [0.25, 0.3) is 10.9 Å². The van der Waals surface area contributed by atoms with E-state index in [1.54, 1.807) is 42.6 Å². The molecule has 0 saturated heterocycles. The maximum Gasteiger partial charge on any atom is 0.229 e. The number of anilines is 4. The van der Waals surface area contributed by atoms with E-state index in [9.17, 15) is 12.8 Å². The fourth-order valence-corrected chi connectivity index (χ4v) is 3.67. The first-order valence-electron chi connectivity index (χ1n) is 10.1. The van der Waals surface area contributed by atoms with Gasteiger partial charge in [-0.2, -0.15) is 4.98 Å². The minimum Gasteiger partial charge on any atom is -0.492 e. The average molecular weight is 471 g/mol. The number of aromatic amines is 1. The highest BCUT2D eigenvalue weighted by Gasteiger charge is 2.11. The van der Waals surface area contributed by atoms with Crippen LogP contribution < -0.4 is 20.1 Å². The topological polar surface area (TPSA) is 121 Å². The number of fused-ring (bicyclic) bond motifs is 1. The number of nitrogens with one attached hydrogen (secondary N) is 4. The molecule has 4 aromatic rings. The molecule has 33 heavy (non-hydrogen) atoms. The lowest BCUT2D eigenvalue weighted by Crippen LogP contribution is -2.26. The summed E-state index contributed by atoms with van der Waals surface area (Å²) >= 11 is 0. The Morgan fingerprint density at radius 3 is 2.79 bits per heavy atom. The van der Waals surface area contributed by atoms with E-state index in [-0.39, 0.29) is 19.0 Å². The predicted molar refractivity (Wildman–Crippen MR) is 126 cm³/mol. The lowest BCUT2D eigenvalue weighted by atomic mass is 10.2. The molecule has 4 rings (SSSR count). The van der Waals surface area contributed by atoms with E-state index in [0.29, 0.717) is 34.3 Å². The molecule has 0 unspecified atom stereocenters. The summed E-state index contributed by atoms with van der Waals surface area (Å²) in [5.41, 5.74) is 2.60. The summed E-state index contributed by atoms with van der Waals surface area (Å²) in [6.45, 7) is 2.22. The van der Waals surface area contributed by atoms with Crippen molar-refractivity contribution in [1.82, 2.24) is 19.7 Å². The summed E-state index contributed by atoms with van der Waals surface area (Å²) in [6, 6.07) is 14.0. The Bertz CT molecular complexity index is 1390. The Morgan fingerprint density at radius 1 is 1.12 bits per heavy atom. The number of benzene rings is 2. The Kier molecular flexibility index (Phi) is 6.43. The minimum absolute atomic E-state index is 0.165. The molecule has 0 bridgehead atoms. The van der Waals surface area contributed by atoms with E-state index < -0.39 is 10.0 Å². The third-order valence-electron chi connectivity index (χ3n) is 4.62. The molecule has 0 radical (unpaired) electrons. The van der Waals surface area contributed by atoms with Crippen LogP contribution in [0.3, 0.4) is 0 Å². The quantitative estimate of drug-likeness (QED) is 0.274. The van der Waals surface area contributed by atoms with Crippen molar-refractivity contribution in [2.45, 2.75) is 6.92 Å². The fourth-order valence-electron chi connectivity index (χ4n) is 3.22. The monoisotopic (exact) mass is 470 g/mol. The van der Waals surface area contributed by atoms with E-state index in [4.69, 9.17) is 4.74 Å². The predicted octanol–water partition coefficient (Wildman–Crippen LogP) is 3.82. The fraction of sp³-hybridized carbons (Fsp3) is 0.182. The number of hydrogen-bond donors (Lipinski definition) is 4. The number of sulfonamides is 1. The smallest absolute Gasteiger partial charge is 0.229 e. The highest BCUT2D eigenvalue weighted by molar-refractivity contribution is 7.88. The second-order valence-electron chi connectivity index (χ2n) is 7.40. The summed E-state index contributed by atoms with van der Waals surface area (Å²) in [6.07, 6.45) is 2.65. The zero-order valence-corrected chi connectivity index (χ0v) is 18.8. The van der Waals surface area contributed by atoms with E-state index in [1.807, 2.05) is 19.1 Å². The summed E-state index contributed by atoms with van der Waals surface area (Å²) < 4.78 is 45.0. The van der Waals surface area contributed by atoms with Gasteiger partial charge in [-0.05, 0) is 43.3 Å². The summed E-state index contributed by atoms with van der Waals surface area (Å²) in [5.74, 6) is 0.939. The first-order chi connectivity index (χ1) is 15.8. The number of hydrogen-bond acceptors (Lipinski definition) is 7. The number of ether oxygens (including phenoxy) is 1. The Balaban J connectivity index is 1.43. The molecule has 4 N–H and O–H groups in total. The van der Waals surface area contributed by atoms with E-state index in [2.05, 4.69) is 30.3 Å². The summed E-state index contributed by atoms with van der Waals surface area (Å²) in [7, 11) is -3.26. The molecular weight excluding hydrogens is 447 g/mol. The third kappa shape index (κ3) is 5.96. The summed E-state index contributed by atoms with van der Waals surface area (Å²) in [5, 5.41) is 6.58. The first-order valence-corrected chi connectivity index (χ1v) is 12.0. The van der Waals surface area contributed by atoms with Crippen LogP contribution in [0.2, 0.25) is 0 Å². The summed E-state index contributed by atoms with van der Waals surface area (Å²) in [4.78, 5) is 11.7. The zero-order chi connectivity index (χ0) is 23.4. The normalized spacial score (nSPS) is 11.5. The largest absolute Gasteiger partial charge is 0.492 e. The molecule has 172 valence electrons. The maximum absolute atomic E-state index is 14.9. The van der Waals surface area contributed by atoms with Crippen molar-refractivity contribution < 1.29 is 17.5 Å². The lowest BCUT2D eigenvalue weighted by Gasteiger charge is -2.11. The molecule has 9 nitrogen and oxygen atoms in total.